The van der Waals surface area contributed by atoms with Crippen LogP contribution in [-0.4, -0.2) is 105 Å². The molecule has 18 heteroatoms. The first-order valence-electron chi connectivity index (χ1n) is 11.7. The van der Waals surface area contributed by atoms with Crippen LogP contribution in [-0.2, 0) is 29.1 Å². The molecule has 1 saturated heterocycles. The van der Waals surface area contributed by atoms with Gasteiger partial charge in [-0.05, 0) is 38.1 Å². The van der Waals surface area contributed by atoms with E-state index >= 15 is 0 Å². The van der Waals surface area contributed by atoms with E-state index in [1.807, 2.05) is 35.7 Å². The number of hydrogen-bond donors (Lipinski definition) is 3. The van der Waals surface area contributed by atoms with Crippen molar-refractivity contribution in [1.29, 1.82) is 0 Å². The number of rotatable bonds is 6. The summed E-state index contributed by atoms with van der Waals surface area (Å²) < 4.78 is 71.0. The number of likely N-dealkylation sites (tertiary alicyclic amines) is 1. The molecule has 4 heterocycles. The monoisotopic (exact) mass is 586 g/mol. The van der Waals surface area contributed by atoms with Crippen LogP contribution in [0.1, 0.15) is 22.2 Å². The van der Waals surface area contributed by atoms with Crippen molar-refractivity contribution >= 4 is 17.8 Å². The molecule has 1 amide bonds. The fourth-order valence-electron chi connectivity index (χ4n) is 4.01. The molecular formula is C22H28F6N6O6. The third-order valence-electron chi connectivity index (χ3n) is 5.83. The lowest BCUT2D eigenvalue weighted by molar-refractivity contribution is -0.193. The van der Waals surface area contributed by atoms with Crippen LogP contribution in [0.4, 0.5) is 26.3 Å². The first kappa shape index (κ1) is 32.5. The van der Waals surface area contributed by atoms with Crippen molar-refractivity contribution in [2.45, 2.75) is 31.9 Å². The number of carbonyl (C=O) groups is 3. The highest BCUT2D eigenvalue weighted by molar-refractivity contribution is 5.90. The van der Waals surface area contributed by atoms with Gasteiger partial charge < -0.3 is 29.4 Å². The molecule has 40 heavy (non-hydrogen) atoms. The Hall–Kier alpha value is -3.67. The Morgan fingerprint density at radius 1 is 1.02 bits per heavy atom. The summed E-state index contributed by atoms with van der Waals surface area (Å²) in [5, 5.41) is 25.6. The van der Waals surface area contributed by atoms with Gasteiger partial charge in [0, 0.05) is 39.1 Å². The van der Waals surface area contributed by atoms with Crippen LogP contribution >= 0.6 is 0 Å². The maximum atomic E-state index is 12.5. The molecule has 2 atom stereocenters. The summed E-state index contributed by atoms with van der Waals surface area (Å²) in [6, 6.07) is 3.95. The zero-order chi connectivity index (χ0) is 30.3. The van der Waals surface area contributed by atoms with Crippen molar-refractivity contribution < 1.29 is 55.4 Å². The molecule has 0 saturated carbocycles. The number of carbonyl (C=O) groups excluding carboxylic acids is 1. The summed E-state index contributed by atoms with van der Waals surface area (Å²) in [5.74, 6) is -2.16. The molecule has 1 fully saturated rings. The normalized spacial score (nSPS) is 18.5. The number of amides is 1. The minimum absolute atomic E-state index is 0.130. The number of likely N-dealkylation sites (N-methyl/N-ethyl adjacent to an activating group) is 1. The number of carboxylic acid groups (broad SMARTS) is 2. The topological polar surface area (TPSA) is 154 Å². The van der Waals surface area contributed by atoms with Crippen molar-refractivity contribution in [1.82, 2.24) is 29.9 Å². The van der Waals surface area contributed by atoms with Gasteiger partial charge >= 0.3 is 24.3 Å². The second-order valence-corrected chi connectivity index (χ2v) is 9.21. The number of furan rings is 1. The van der Waals surface area contributed by atoms with Gasteiger partial charge in [0.05, 0.1) is 12.8 Å². The van der Waals surface area contributed by atoms with E-state index in [9.17, 15) is 31.1 Å². The Morgan fingerprint density at radius 3 is 2.10 bits per heavy atom. The molecule has 2 aromatic heterocycles. The SMILES string of the molecule is CN(C)CCNC(=O)c1nnc2n1C[C@@H]1CN(Cc3ccco3)C[C@@H]1C2.O=C(O)C(F)(F)F.O=C(O)C(F)(F)F. The van der Waals surface area contributed by atoms with Crippen LogP contribution in [0.3, 0.4) is 0 Å². The zero-order valence-electron chi connectivity index (χ0n) is 21.4. The standard InChI is InChI=1S/C18H26N6O2.2C2HF3O2/c1-22(2)6-5-19-18(25)17-21-20-16-8-13-9-23(10-14(13)11-24(16)17)12-15-4-3-7-26-15;2*3-2(4,5)1(6)7/h3-4,7,13-14H,5-6,8-12H2,1-2H3,(H,19,25);2*(H,6,7)/t13-,14-;;/m0../s1. The van der Waals surface area contributed by atoms with E-state index in [-0.39, 0.29) is 5.91 Å². The van der Waals surface area contributed by atoms with Gasteiger partial charge in [0.2, 0.25) is 5.82 Å². The number of halogens is 6. The number of fused-ring (bicyclic) bond motifs is 2. The third-order valence-corrected chi connectivity index (χ3v) is 5.83. The largest absolute Gasteiger partial charge is 0.490 e. The second-order valence-electron chi connectivity index (χ2n) is 9.21. The minimum atomic E-state index is -5.08. The van der Waals surface area contributed by atoms with Crippen LogP contribution in [0.15, 0.2) is 22.8 Å². The summed E-state index contributed by atoms with van der Waals surface area (Å²) in [4.78, 5) is 34.7. The molecule has 3 N–H and O–H groups in total. The lowest BCUT2D eigenvalue weighted by atomic mass is 9.89. The number of aromatic nitrogens is 3. The lowest BCUT2D eigenvalue weighted by Gasteiger charge is -2.25. The van der Waals surface area contributed by atoms with E-state index in [0.29, 0.717) is 24.2 Å². The van der Waals surface area contributed by atoms with Gasteiger partial charge in [-0.15, -0.1) is 10.2 Å². The van der Waals surface area contributed by atoms with E-state index in [1.54, 1.807) is 6.26 Å². The Balaban J connectivity index is 0.000000333. The summed E-state index contributed by atoms with van der Waals surface area (Å²) in [7, 11) is 3.97. The van der Waals surface area contributed by atoms with Gasteiger partial charge in [0.25, 0.3) is 5.91 Å². The van der Waals surface area contributed by atoms with Gasteiger partial charge in [0.15, 0.2) is 0 Å². The molecule has 224 valence electrons. The van der Waals surface area contributed by atoms with Crippen LogP contribution in [0.5, 0.6) is 0 Å². The molecule has 0 spiro atoms. The highest BCUT2D eigenvalue weighted by Crippen LogP contribution is 2.33. The molecule has 2 aromatic rings. The average Bonchev–Trinajstić information content (AvgIpc) is 3.56. The first-order chi connectivity index (χ1) is 18.5. The van der Waals surface area contributed by atoms with Crippen molar-refractivity contribution in [3.05, 3.63) is 35.8 Å². The molecule has 12 nitrogen and oxygen atoms in total. The molecule has 0 aliphatic carbocycles. The van der Waals surface area contributed by atoms with E-state index < -0.39 is 24.3 Å². The molecule has 0 unspecified atom stereocenters. The van der Waals surface area contributed by atoms with Crippen molar-refractivity contribution in [3.8, 4) is 0 Å². The van der Waals surface area contributed by atoms with Gasteiger partial charge in [-0.1, -0.05) is 0 Å². The molecule has 0 aromatic carbocycles. The fraction of sp³-hybridized carbons (Fsp3) is 0.591. The molecule has 2 aliphatic rings. The van der Waals surface area contributed by atoms with E-state index in [1.165, 1.54) is 0 Å². The van der Waals surface area contributed by atoms with Gasteiger partial charge in [-0.3, -0.25) is 9.69 Å². The number of aliphatic carboxylic acids is 2. The summed E-state index contributed by atoms with van der Waals surface area (Å²) in [6.07, 6.45) is -7.56. The Bertz CT molecular complexity index is 1110. The van der Waals surface area contributed by atoms with Crippen molar-refractivity contribution in [2.24, 2.45) is 11.8 Å². The average molecular weight is 586 g/mol. The maximum absolute atomic E-state index is 12.5. The quantitative estimate of drug-likeness (QED) is 0.427. The number of nitrogens with one attached hydrogen (secondary N) is 1. The minimum Gasteiger partial charge on any atom is -0.475 e. The van der Waals surface area contributed by atoms with Crippen LogP contribution in [0.25, 0.3) is 0 Å². The Morgan fingerprint density at radius 2 is 1.60 bits per heavy atom. The summed E-state index contributed by atoms with van der Waals surface area (Å²) in [6.45, 7) is 5.14. The molecule has 0 bridgehead atoms. The number of carboxylic acids is 2. The van der Waals surface area contributed by atoms with E-state index in [2.05, 4.69) is 20.4 Å². The fourth-order valence-corrected chi connectivity index (χ4v) is 4.01. The Labute approximate surface area is 223 Å². The number of nitrogens with zero attached hydrogens (tertiary/aromatic N) is 5. The highest BCUT2D eigenvalue weighted by Gasteiger charge is 2.40. The van der Waals surface area contributed by atoms with Crippen LogP contribution in [0.2, 0.25) is 0 Å². The second kappa shape index (κ2) is 13.6. The smallest absolute Gasteiger partial charge is 0.475 e. The van der Waals surface area contributed by atoms with Gasteiger partial charge in [0.1, 0.15) is 11.6 Å². The van der Waals surface area contributed by atoms with E-state index in [4.69, 9.17) is 24.2 Å². The molecule has 0 radical (unpaired) electrons. The number of alkyl halides is 6. The van der Waals surface area contributed by atoms with Crippen LogP contribution in [0, 0.1) is 11.8 Å². The molecular weight excluding hydrogens is 558 g/mol. The lowest BCUT2D eigenvalue weighted by Crippen LogP contribution is -2.35. The number of hydrogen-bond acceptors (Lipinski definition) is 8. The summed E-state index contributed by atoms with van der Waals surface area (Å²) >= 11 is 0. The first-order valence-corrected chi connectivity index (χ1v) is 11.7. The predicted octanol–water partition coefficient (Wildman–Crippen LogP) is 1.73. The summed E-state index contributed by atoms with van der Waals surface area (Å²) in [5.41, 5.74) is 0. The van der Waals surface area contributed by atoms with Gasteiger partial charge in [-0.25, -0.2) is 9.59 Å². The van der Waals surface area contributed by atoms with Crippen molar-refractivity contribution in [3.63, 3.8) is 0 Å². The molecule has 2 aliphatic heterocycles. The third kappa shape index (κ3) is 9.82. The molecule has 4 rings (SSSR count). The highest BCUT2D eigenvalue weighted by atomic mass is 19.4. The predicted molar refractivity (Wildman–Crippen MR) is 123 cm³/mol. The maximum Gasteiger partial charge on any atom is 0.490 e. The van der Waals surface area contributed by atoms with E-state index in [0.717, 1.165) is 50.7 Å². The zero-order valence-corrected chi connectivity index (χ0v) is 21.4. The van der Waals surface area contributed by atoms with Gasteiger partial charge in [-0.2, -0.15) is 26.3 Å². The van der Waals surface area contributed by atoms with Crippen molar-refractivity contribution in [2.75, 3.05) is 40.3 Å². The Kier molecular flexibility index (Phi) is 11.1. The van der Waals surface area contributed by atoms with Crippen LogP contribution < -0.4 is 5.32 Å².